The monoisotopic (exact) mass is 394 g/mol. The minimum atomic E-state index is -0.566. The molecule has 0 saturated carbocycles. The van der Waals surface area contributed by atoms with E-state index in [1.165, 1.54) is 7.11 Å². The SMILES string of the molecule is COc1cc2nc(Oc3cc(Cl)cc(-n4cccn4)c3)ccc2cc1C(N)=O. The van der Waals surface area contributed by atoms with Crippen LogP contribution >= 0.6 is 11.6 Å². The maximum atomic E-state index is 11.6. The molecule has 0 fully saturated rings. The average molecular weight is 395 g/mol. The number of carbonyl (C=O) groups is 1. The van der Waals surface area contributed by atoms with E-state index in [9.17, 15) is 4.79 Å². The molecule has 0 saturated heterocycles. The molecule has 0 aliphatic carbocycles. The highest BCUT2D eigenvalue weighted by molar-refractivity contribution is 6.30. The predicted octanol–water partition coefficient (Wildman–Crippen LogP) is 3.97. The zero-order valence-corrected chi connectivity index (χ0v) is 15.6. The van der Waals surface area contributed by atoms with E-state index >= 15 is 0 Å². The van der Waals surface area contributed by atoms with Crippen molar-refractivity contribution >= 4 is 28.4 Å². The molecule has 0 atom stereocenters. The number of carbonyl (C=O) groups excluding carboxylic acids is 1. The van der Waals surface area contributed by atoms with Crippen LogP contribution in [0.2, 0.25) is 5.02 Å². The van der Waals surface area contributed by atoms with Gasteiger partial charge in [0.25, 0.3) is 5.91 Å². The van der Waals surface area contributed by atoms with Gasteiger partial charge in [-0.15, -0.1) is 0 Å². The molecule has 2 aromatic heterocycles. The van der Waals surface area contributed by atoms with Crippen molar-refractivity contribution in [1.82, 2.24) is 14.8 Å². The number of hydrogen-bond donors (Lipinski definition) is 1. The number of hydrogen-bond acceptors (Lipinski definition) is 5. The number of nitrogens with two attached hydrogens (primary N) is 1. The molecule has 0 radical (unpaired) electrons. The zero-order valence-electron chi connectivity index (χ0n) is 14.8. The van der Waals surface area contributed by atoms with Gasteiger partial charge in [-0.1, -0.05) is 11.6 Å². The van der Waals surface area contributed by atoms with Gasteiger partial charge in [0.05, 0.1) is 23.9 Å². The standard InChI is InChI=1S/C20H15ClN4O3/c1-27-18-11-17-12(7-16(18)20(22)26)3-4-19(24-17)28-15-9-13(21)8-14(10-15)25-6-2-5-23-25/h2-11H,1H3,(H2,22,26). The van der Waals surface area contributed by atoms with Gasteiger partial charge < -0.3 is 15.2 Å². The smallest absolute Gasteiger partial charge is 0.252 e. The molecule has 4 rings (SSSR count). The molecule has 8 heteroatoms. The lowest BCUT2D eigenvalue weighted by Crippen LogP contribution is -2.12. The Labute approximate surface area is 165 Å². The van der Waals surface area contributed by atoms with Crippen molar-refractivity contribution in [3.05, 3.63) is 71.5 Å². The van der Waals surface area contributed by atoms with Gasteiger partial charge in [-0.05, 0) is 30.3 Å². The van der Waals surface area contributed by atoms with Crippen LogP contribution in [0.5, 0.6) is 17.4 Å². The number of fused-ring (bicyclic) bond motifs is 1. The van der Waals surface area contributed by atoms with Gasteiger partial charge in [-0.2, -0.15) is 5.10 Å². The number of amides is 1. The summed E-state index contributed by atoms with van der Waals surface area (Å²) in [4.78, 5) is 16.1. The number of aromatic nitrogens is 3. The normalized spacial score (nSPS) is 10.8. The Morgan fingerprint density at radius 3 is 2.75 bits per heavy atom. The van der Waals surface area contributed by atoms with Crippen molar-refractivity contribution in [2.45, 2.75) is 0 Å². The van der Waals surface area contributed by atoms with E-state index in [1.807, 2.05) is 18.3 Å². The Bertz CT molecular complexity index is 1180. The molecule has 0 aliphatic heterocycles. The van der Waals surface area contributed by atoms with Crippen molar-refractivity contribution in [3.63, 3.8) is 0 Å². The van der Waals surface area contributed by atoms with Gasteiger partial charge in [0.2, 0.25) is 5.88 Å². The number of pyridine rings is 1. The van der Waals surface area contributed by atoms with Gasteiger partial charge in [-0.25, -0.2) is 9.67 Å². The van der Waals surface area contributed by atoms with Crippen LogP contribution in [0.1, 0.15) is 10.4 Å². The van der Waals surface area contributed by atoms with E-state index in [1.54, 1.807) is 47.3 Å². The Morgan fingerprint density at radius 2 is 2.04 bits per heavy atom. The maximum Gasteiger partial charge on any atom is 0.252 e. The van der Waals surface area contributed by atoms with Crippen molar-refractivity contribution in [2.24, 2.45) is 5.73 Å². The average Bonchev–Trinajstić information content (AvgIpc) is 3.21. The van der Waals surface area contributed by atoms with Crippen molar-refractivity contribution < 1.29 is 14.3 Å². The number of ether oxygens (including phenoxy) is 2. The summed E-state index contributed by atoms with van der Waals surface area (Å²) in [6, 6.07) is 13.9. The molecule has 0 aliphatic rings. The van der Waals surface area contributed by atoms with E-state index in [0.29, 0.717) is 33.5 Å². The largest absolute Gasteiger partial charge is 0.496 e. The van der Waals surface area contributed by atoms with Crippen LogP contribution in [0.15, 0.2) is 60.9 Å². The highest BCUT2D eigenvalue weighted by Crippen LogP contribution is 2.30. The number of rotatable bonds is 5. The fourth-order valence-corrected chi connectivity index (χ4v) is 3.05. The molecule has 4 aromatic rings. The van der Waals surface area contributed by atoms with E-state index in [2.05, 4.69) is 10.1 Å². The number of methoxy groups -OCH3 is 1. The summed E-state index contributed by atoms with van der Waals surface area (Å²) in [6.07, 6.45) is 3.49. The molecule has 0 bridgehead atoms. The quantitative estimate of drug-likeness (QED) is 0.552. The minimum absolute atomic E-state index is 0.296. The van der Waals surface area contributed by atoms with Gasteiger partial charge in [0.15, 0.2) is 0 Å². The lowest BCUT2D eigenvalue weighted by molar-refractivity contribution is 0.0997. The predicted molar refractivity (Wildman–Crippen MR) is 105 cm³/mol. The van der Waals surface area contributed by atoms with Gasteiger partial charge in [0, 0.05) is 41.0 Å². The minimum Gasteiger partial charge on any atom is -0.496 e. The Hall–Kier alpha value is -3.58. The molecule has 1 amide bonds. The van der Waals surface area contributed by atoms with Crippen molar-refractivity contribution in [1.29, 1.82) is 0 Å². The number of halogens is 1. The lowest BCUT2D eigenvalue weighted by atomic mass is 10.1. The molecule has 2 heterocycles. The van der Waals surface area contributed by atoms with Crippen LogP contribution in [0, 0.1) is 0 Å². The zero-order chi connectivity index (χ0) is 19.7. The van der Waals surface area contributed by atoms with Gasteiger partial charge in [0.1, 0.15) is 11.5 Å². The van der Waals surface area contributed by atoms with Crippen LogP contribution in [0.3, 0.4) is 0 Å². The first-order valence-corrected chi connectivity index (χ1v) is 8.68. The van der Waals surface area contributed by atoms with Crippen LogP contribution in [-0.2, 0) is 0 Å². The number of primary amides is 1. The van der Waals surface area contributed by atoms with Crippen molar-refractivity contribution in [2.75, 3.05) is 7.11 Å². The van der Waals surface area contributed by atoms with Gasteiger partial charge >= 0.3 is 0 Å². The van der Waals surface area contributed by atoms with Crippen LogP contribution in [0.4, 0.5) is 0 Å². The molecule has 0 unspecified atom stereocenters. The van der Waals surface area contributed by atoms with E-state index in [0.717, 1.165) is 11.1 Å². The topological polar surface area (TPSA) is 92.3 Å². The summed E-state index contributed by atoms with van der Waals surface area (Å²) >= 11 is 6.21. The molecular formula is C20H15ClN4O3. The molecule has 28 heavy (non-hydrogen) atoms. The van der Waals surface area contributed by atoms with E-state index < -0.39 is 5.91 Å². The Morgan fingerprint density at radius 1 is 1.18 bits per heavy atom. The Balaban J connectivity index is 1.70. The second kappa shape index (κ2) is 7.21. The first kappa shape index (κ1) is 17.8. The first-order valence-electron chi connectivity index (χ1n) is 8.30. The van der Waals surface area contributed by atoms with Crippen LogP contribution in [0.25, 0.3) is 16.6 Å². The second-order valence-corrected chi connectivity index (χ2v) is 6.39. The third kappa shape index (κ3) is 3.47. The summed E-state index contributed by atoms with van der Waals surface area (Å²) in [6.45, 7) is 0. The highest BCUT2D eigenvalue weighted by atomic mass is 35.5. The van der Waals surface area contributed by atoms with Crippen LogP contribution < -0.4 is 15.2 Å². The highest BCUT2D eigenvalue weighted by Gasteiger charge is 2.12. The van der Waals surface area contributed by atoms with E-state index in [-0.39, 0.29) is 0 Å². The van der Waals surface area contributed by atoms with Gasteiger partial charge in [-0.3, -0.25) is 4.79 Å². The lowest BCUT2D eigenvalue weighted by Gasteiger charge is -2.10. The second-order valence-electron chi connectivity index (χ2n) is 5.96. The summed E-state index contributed by atoms with van der Waals surface area (Å²) in [5.74, 6) is 0.679. The molecular weight excluding hydrogens is 380 g/mol. The molecule has 140 valence electrons. The molecule has 0 spiro atoms. The third-order valence-corrected chi connectivity index (χ3v) is 4.32. The molecule has 2 aromatic carbocycles. The maximum absolute atomic E-state index is 11.6. The summed E-state index contributed by atoms with van der Waals surface area (Å²) in [5, 5.41) is 5.45. The van der Waals surface area contributed by atoms with Crippen molar-refractivity contribution in [3.8, 4) is 23.1 Å². The summed E-state index contributed by atoms with van der Waals surface area (Å²) in [7, 11) is 1.47. The van der Waals surface area contributed by atoms with E-state index in [4.69, 9.17) is 26.8 Å². The fourth-order valence-electron chi connectivity index (χ4n) is 2.83. The molecule has 7 nitrogen and oxygen atoms in total. The summed E-state index contributed by atoms with van der Waals surface area (Å²) in [5.41, 5.74) is 7.06. The third-order valence-electron chi connectivity index (χ3n) is 4.10. The first-order chi connectivity index (χ1) is 13.5. The van der Waals surface area contributed by atoms with Crippen LogP contribution in [-0.4, -0.2) is 27.8 Å². The summed E-state index contributed by atoms with van der Waals surface area (Å²) < 4.78 is 12.8. The molecule has 2 N–H and O–H groups in total. The Kier molecular flexibility index (Phi) is 4.58. The number of benzene rings is 2. The number of nitrogens with zero attached hydrogens (tertiary/aromatic N) is 3. The fraction of sp³-hybridized carbons (Fsp3) is 0.0500.